The molecule has 0 aliphatic carbocycles. The predicted molar refractivity (Wildman–Crippen MR) is 105 cm³/mol. The third-order valence-electron chi connectivity index (χ3n) is 4.80. The summed E-state index contributed by atoms with van der Waals surface area (Å²) in [5.74, 6) is 1.04. The number of aryl methyl sites for hydroxylation is 1. The van der Waals surface area contributed by atoms with Crippen LogP contribution in [0, 0.1) is 13.8 Å². The minimum Gasteiger partial charge on any atom is -0.493 e. The molecular formula is C23H32O. The van der Waals surface area contributed by atoms with Gasteiger partial charge in [-0.3, -0.25) is 0 Å². The Morgan fingerprint density at radius 3 is 2.17 bits per heavy atom. The maximum Gasteiger partial charge on any atom is 0.122 e. The zero-order valence-corrected chi connectivity index (χ0v) is 15.8. The quantitative estimate of drug-likeness (QED) is 0.457. The molecule has 0 aliphatic heterocycles. The first-order valence-corrected chi connectivity index (χ1v) is 9.49. The molecule has 0 aliphatic rings. The molecule has 0 N–H and O–H groups in total. The Labute approximate surface area is 148 Å². The van der Waals surface area contributed by atoms with E-state index in [1.54, 1.807) is 0 Å². The van der Waals surface area contributed by atoms with Gasteiger partial charge in [-0.2, -0.15) is 0 Å². The van der Waals surface area contributed by atoms with Crippen molar-refractivity contribution in [2.45, 2.75) is 66.2 Å². The van der Waals surface area contributed by atoms with Gasteiger partial charge in [0.05, 0.1) is 6.61 Å². The van der Waals surface area contributed by atoms with Crippen molar-refractivity contribution in [2.75, 3.05) is 6.61 Å². The van der Waals surface area contributed by atoms with Crippen molar-refractivity contribution >= 4 is 0 Å². The minimum atomic E-state index is 0.825. The monoisotopic (exact) mass is 324 g/mol. The van der Waals surface area contributed by atoms with Crippen LogP contribution in [0.15, 0.2) is 36.4 Å². The normalized spacial score (nSPS) is 10.8. The van der Waals surface area contributed by atoms with Gasteiger partial charge in [0.1, 0.15) is 5.75 Å². The van der Waals surface area contributed by atoms with Crippen LogP contribution in [0.5, 0.6) is 5.75 Å². The first-order valence-electron chi connectivity index (χ1n) is 9.49. The fourth-order valence-corrected chi connectivity index (χ4v) is 3.12. The van der Waals surface area contributed by atoms with Crippen LogP contribution in [0.1, 0.15) is 62.6 Å². The van der Waals surface area contributed by atoms with Crippen molar-refractivity contribution in [3.63, 3.8) is 0 Å². The molecule has 0 aromatic heterocycles. The van der Waals surface area contributed by atoms with E-state index in [1.807, 2.05) is 0 Å². The van der Waals surface area contributed by atoms with Crippen LogP contribution in [-0.2, 0) is 6.42 Å². The third-order valence-corrected chi connectivity index (χ3v) is 4.80. The van der Waals surface area contributed by atoms with Gasteiger partial charge in [0.15, 0.2) is 0 Å². The van der Waals surface area contributed by atoms with Crippen molar-refractivity contribution < 1.29 is 4.74 Å². The van der Waals surface area contributed by atoms with E-state index in [9.17, 15) is 0 Å². The standard InChI is InChI=1S/C23H32O/c1-5-7-8-9-17-24-23-16-15-22(18(3)19(23)4)21-13-11-20(10-6-2)12-14-21/h11-16H,5-10,17H2,1-4H3. The molecule has 0 amide bonds. The largest absolute Gasteiger partial charge is 0.493 e. The first kappa shape index (κ1) is 18.6. The van der Waals surface area contributed by atoms with Crippen LogP contribution in [0.4, 0.5) is 0 Å². The summed E-state index contributed by atoms with van der Waals surface area (Å²) in [7, 11) is 0. The Kier molecular flexibility index (Phi) is 7.36. The molecule has 2 rings (SSSR count). The maximum atomic E-state index is 6.01. The predicted octanol–water partition coefficient (Wildman–Crippen LogP) is 6.88. The number of benzene rings is 2. The summed E-state index contributed by atoms with van der Waals surface area (Å²) < 4.78 is 6.01. The number of unbranched alkanes of at least 4 members (excludes halogenated alkanes) is 3. The van der Waals surface area contributed by atoms with Crippen LogP contribution in [0.2, 0.25) is 0 Å². The van der Waals surface area contributed by atoms with Gasteiger partial charge in [0.25, 0.3) is 0 Å². The summed E-state index contributed by atoms with van der Waals surface area (Å²) in [5.41, 5.74) is 6.62. The lowest BCUT2D eigenvalue weighted by Gasteiger charge is -2.15. The molecule has 0 radical (unpaired) electrons. The highest BCUT2D eigenvalue weighted by Crippen LogP contribution is 2.31. The molecule has 130 valence electrons. The van der Waals surface area contributed by atoms with Crippen molar-refractivity contribution in [3.05, 3.63) is 53.1 Å². The molecular weight excluding hydrogens is 292 g/mol. The van der Waals surface area contributed by atoms with Gasteiger partial charge in [-0.1, -0.05) is 69.9 Å². The Bertz CT molecular complexity index is 625. The third kappa shape index (κ3) is 4.87. The van der Waals surface area contributed by atoms with Crippen LogP contribution < -0.4 is 4.74 Å². The van der Waals surface area contributed by atoms with E-state index in [1.165, 1.54) is 53.5 Å². The van der Waals surface area contributed by atoms with Gasteiger partial charge in [-0.25, -0.2) is 0 Å². The molecule has 2 aromatic carbocycles. The topological polar surface area (TPSA) is 9.23 Å². The van der Waals surface area contributed by atoms with Gasteiger partial charge in [-0.15, -0.1) is 0 Å². The summed E-state index contributed by atoms with van der Waals surface area (Å²) in [4.78, 5) is 0. The molecule has 1 nitrogen and oxygen atoms in total. The molecule has 24 heavy (non-hydrogen) atoms. The van der Waals surface area contributed by atoms with Crippen LogP contribution in [0.3, 0.4) is 0 Å². The fourth-order valence-electron chi connectivity index (χ4n) is 3.12. The highest BCUT2D eigenvalue weighted by molar-refractivity contribution is 5.70. The minimum absolute atomic E-state index is 0.825. The molecule has 0 heterocycles. The molecule has 0 bridgehead atoms. The summed E-state index contributed by atoms with van der Waals surface area (Å²) >= 11 is 0. The Morgan fingerprint density at radius 2 is 1.50 bits per heavy atom. The number of hydrogen-bond acceptors (Lipinski definition) is 1. The molecule has 0 unspecified atom stereocenters. The molecule has 0 spiro atoms. The van der Waals surface area contributed by atoms with E-state index in [2.05, 4.69) is 64.1 Å². The lowest BCUT2D eigenvalue weighted by molar-refractivity contribution is 0.303. The summed E-state index contributed by atoms with van der Waals surface area (Å²) in [6, 6.07) is 13.4. The first-order chi connectivity index (χ1) is 11.7. The zero-order valence-electron chi connectivity index (χ0n) is 15.8. The number of rotatable bonds is 9. The molecule has 0 fully saturated rings. The van der Waals surface area contributed by atoms with E-state index >= 15 is 0 Å². The molecule has 0 atom stereocenters. The lowest BCUT2D eigenvalue weighted by Crippen LogP contribution is -2.00. The van der Waals surface area contributed by atoms with Crippen molar-refractivity contribution in [2.24, 2.45) is 0 Å². The van der Waals surface area contributed by atoms with Gasteiger partial charge in [0.2, 0.25) is 0 Å². The zero-order chi connectivity index (χ0) is 17.4. The highest BCUT2D eigenvalue weighted by atomic mass is 16.5. The number of ether oxygens (including phenoxy) is 1. The van der Waals surface area contributed by atoms with E-state index in [-0.39, 0.29) is 0 Å². The van der Waals surface area contributed by atoms with Crippen LogP contribution in [-0.4, -0.2) is 6.61 Å². The Hall–Kier alpha value is -1.76. The van der Waals surface area contributed by atoms with E-state index in [0.717, 1.165) is 25.2 Å². The van der Waals surface area contributed by atoms with Crippen LogP contribution >= 0.6 is 0 Å². The maximum absolute atomic E-state index is 6.01. The second-order valence-corrected chi connectivity index (χ2v) is 6.72. The van der Waals surface area contributed by atoms with Gasteiger partial charge < -0.3 is 4.74 Å². The van der Waals surface area contributed by atoms with Gasteiger partial charge in [0, 0.05) is 0 Å². The van der Waals surface area contributed by atoms with Crippen molar-refractivity contribution in [1.82, 2.24) is 0 Å². The summed E-state index contributed by atoms with van der Waals surface area (Å²) in [6.45, 7) is 9.66. The van der Waals surface area contributed by atoms with Crippen molar-refractivity contribution in [1.29, 1.82) is 0 Å². The molecule has 0 saturated heterocycles. The average Bonchev–Trinajstić information content (AvgIpc) is 2.60. The van der Waals surface area contributed by atoms with Gasteiger partial charge >= 0.3 is 0 Å². The second kappa shape index (κ2) is 9.52. The van der Waals surface area contributed by atoms with Gasteiger partial charge in [-0.05, 0) is 60.6 Å². The summed E-state index contributed by atoms with van der Waals surface area (Å²) in [5, 5.41) is 0. The van der Waals surface area contributed by atoms with E-state index in [0.29, 0.717) is 0 Å². The number of hydrogen-bond donors (Lipinski definition) is 0. The van der Waals surface area contributed by atoms with E-state index < -0.39 is 0 Å². The van der Waals surface area contributed by atoms with Crippen molar-refractivity contribution in [3.8, 4) is 16.9 Å². The molecule has 2 aromatic rings. The van der Waals surface area contributed by atoms with Crippen LogP contribution in [0.25, 0.3) is 11.1 Å². The molecule has 1 heteroatoms. The summed E-state index contributed by atoms with van der Waals surface area (Å²) in [6.07, 6.45) is 7.33. The molecule has 0 saturated carbocycles. The van der Waals surface area contributed by atoms with E-state index in [4.69, 9.17) is 4.74 Å². The fraction of sp³-hybridized carbons (Fsp3) is 0.478. The Balaban J connectivity index is 2.08. The lowest BCUT2D eigenvalue weighted by atomic mass is 9.95. The average molecular weight is 325 g/mol. The SMILES string of the molecule is CCCCCCOc1ccc(-c2ccc(CCC)cc2)c(C)c1C. The second-order valence-electron chi connectivity index (χ2n) is 6.72. The highest BCUT2D eigenvalue weighted by Gasteiger charge is 2.09. The smallest absolute Gasteiger partial charge is 0.122 e. The Morgan fingerprint density at radius 1 is 0.750 bits per heavy atom.